The molecule has 2 aliphatic rings. The Balaban J connectivity index is 1.56. The van der Waals surface area contributed by atoms with Gasteiger partial charge in [0.05, 0.1) is 0 Å². The fraction of sp³-hybridized carbons (Fsp3) is 0.923. The van der Waals surface area contributed by atoms with Crippen LogP contribution < -0.4 is 10.6 Å². The van der Waals surface area contributed by atoms with Crippen LogP contribution in [0.15, 0.2) is 4.99 Å². The Morgan fingerprint density at radius 1 is 1.19 bits per heavy atom. The number of hydrogen-bond donors (Lipinski definition) is 2. The highest BCUT2D eigenvalue weighted by Crippen LogP contribution is 2.33. The number of hydrogen-bond acceptors (Lipinski definition) is 1. The van der Waals surface area contributed by atoms with Crippen molar-refractivity contribution < 1.29 is 0 Å². The fourth-order valence-electron chi connectivity index (χ4n) is 2.46. The zero-order chi connectivity index (χ0) is 11.2. The van der Waals surface area contributed by atoms with Gasteiger partial charge in [0, 0.05) is 19.6 Å². The molecule has 0 bridgehead atoms. The summed E-state index contributed by atoms with van der Waals surface area (Å²) in [5, 5.41) is 6.93. The van der Waals surface area contributed by atoms with Gasteiger partial charge in [-0.1, -0.05) is 25.7 Å². The van der Waals surface area contributed by atoms with Crippen molar-refractivity contribution in [3.63, 3.8) is 0 Å². The molecule has 0 aromatic rings. The van der Waals surface area contributed by atoms with Gasteiger partial charge >= 0.3 is 0 Å². The van der Waals surface area contributed by atoms with E-state index >= 15 is 0 Å². The Kier molecular flexibility index (Phi) is 4.49. The molecule has 0 aromatic heterocycles. The Labute approximate surface area is 99.1 Å². The minimum atomic E-state index is 0.662. The van der Waals surface area contributed by atoms with Crippen LogP contribution in [0.25, 0.3) is 0 Å². The zero-order valence-corrected chi connectivity index (χ0v) is 10.5. The van der Waals surface area contributed by atoms with Gasteiger partial charge < -0.3 is 10.6 Å². The van der Waals surface area contributed by atoms with E-state index in [1.54, 1.807) is 0 Å². The molecule has 0 radical (unpaired) electrons. The SMILES string of the molecule is CN=C(NCCCC1CC1)NC1CCCC1. The standard InChI is InChI=1S/C13H25N3/c1-14-13(16-12-6-2-3-7-12)15-10-4-5-11-8-9-11/h11-12H,2-10H2,1H3,(H2,14,15,16). The maximum Gasteiger partial charge on any atom is 0.191 e. The number of guanidine groups is 1. The van der Waals surface area contributed by atoms with Crippen LogP contribution in [0.5, 0.6) is 0 Å². The number of nitrogens with one attached hydrogen (secondary N) is 2. The fourth-order valence-corrected chi connectivity index (χ4v) is 2.46. The van der Waals surface area contributed by atoms with Crippen LogP contribution in [-0.2, 0) is 0 Å². The molecule has 3 heteroatoms. The van der Waals surface area contributed by atoms with Crippen molar-refractivity contribution in [2.45, 2.75) is 57.4 Å². The van der Waals surface area contributed by atoms with Crippen molar-refractivity contribution in [2.24, 2.45) is 10.9 Å². The largest absolute Gasteiger partial charge is 0.356 e. The van der Waals surface area contributed by atoms with Gasteiger partial charge in [-0.25, -0.2) is 0 Å². The molecule has 0 aliphatic heterocycles. The van der Waals surface area contributed by atoms with Crippen molar-refractivity contribution in [1.29, 1.82) is 0 Å². The first-order valence-corrected chi connectivity index (χ1v) is 6.85. The van der Waals surface area contributed by atoms with E-state index in [-0.39, 0.29) is 0 Å². The van der Waals surface area contributed by atoms with Gasteiger partial charge in [0.2, 0.25) is 0 Å². The van der Waals surface area contributed by atoms with Crippen LogP contribution >= 0.6 is 0 Å². The number of aliphatic imine (C=N–C) groups is 1. The molecule has 2 rings (SSSR count). The minimum Gasteiger partial charge on any atom is -0.356 e. The molecule has 2 saturated carbocycles. The summed E-state index contributed by atoms with van der Waals surface area (Å²) < 4.78 is 0. The molecule has 92 valence electrons. The highest BCUT2D eigenvalue weighted by Gasteiger charge is 2.20. The van der Waals surface area contributed by atoms with Crippen molar-refractivity contribution in [3.05, 3.63) is 0 Å². The molecule has 0 saturated heterocycles. The molecule has 0 amide bonds. The van der Waals surface area contributed by atoms with E-state index in [0.29, 0.717) is 6.04 Å². The highest BCUT2D eigenvalue weighted by molar-refractivity contribution is 5.79. The molecule has 3 nitrogen and oxygen atoms in total. The second kappa shape index (κ2) is 6.12. The van der Waals surface area contributed by atoms with Crippen molar-refractivity contribution in [2.75, 3.05) is 13.6 Å². The van der Waals surface area contributed by atoms with Crippen molar-refractivity contribution in [1.82, 2.24) is 10.6 Å². The first-order valence-electron chi connectivity index (χ1n) is 6.85. The molecule has 2 fully saturated rings. The van der Waals surface area contributed by atoms with Crippen molar-refractivity contribution in [3.8, 4) is 0 Å². The Morgan fingerprint density at radius 3 is 2.56 bits per heavy atom. The molecule has 16 heavy (non-hydrogen) atoms. The van der Waals surface area contributed by atoms with Crippen LogP contribution in [0.2, 0.25) is 0 Å². The highest BCUT2D eigenvalue weighted by atomic mass is 15.2. The maximum atomic E-state index is 4.28. The smallest absolute Gasteiger partial charge is 0.191 e. The monoisotopic (exact) mass is 223 g/mol. The lowest BCUT2D eigenvalue weighted by molar-refractivity contribution is 0.600. The summed E-state index contributed by atoms with van der Waals surface area (Å²) in [6, 6.07) is 0.662. The summed E-state index contributed by atoms with van der Waals surface area (Å²) in [5.74, 6) is 2.05. The first kappa shape index (κ1) is 11.7. The minimum absolute atomic E-state index is 0.662. The Bertz CT molecular complexity index is 227. The van der Waals surface area contributed by atoms with Crippen LogP contribution in [0.1, 0.15) is 51.4 Å². The first-order chi connectivity index (χ1) is 7.88. The summed E-state index contributed by atoms with van der Waals surface area (Å²) in [6.45, 7) is 1.07. The third-order valence-corrected chi connectivity index (χ3v) is 3.70. The summed E-state index contributed by atoms with van der Waals surface area (Å²) in [6.07, 6.45) is 11.0. The number of nitrogens with zero attached hydrogens (tertiary/aromatic N) is 1. The van der Waals surface area contributed by atoms with E-state index in [9.17, 15) is 0 Å². The second-order valence-corrected chi connectivity index (χ2v) is 5.21. The summed E-state index contributed by atoms with van der Waals surface area (Å²) >= 11 is 0. The van der Waals surface area contributed by atoms with Gasteiger partial charge in [-0.2, -0.15) is 0 Å². The molecule has 2 aliphatic carbocycles. The molecule has 0 spiro atoms. The summed E-state index contributed by atoms with van der Waals surface area (Å²) in [4.78, 5) is 4.28. The quantitative estimate of drug-likeness (QED) is 0.426. The second-order valence-electron chi connectivity index (χ2n) is 5.21. The predicted octanol–water partition coefficient (Wildman–Crippen LogP) is 2.28. The molecule has 0 unspecified atom stereocenters. The van der Waals surface area contributed by atoms with E-state index in [4.69, 9.17) is 0 Å². The van der Waals surface area contributed by atoms with E-state index < -0.39 is 0 Å². The maximum absolute atomic E-state index is 4.28. The number of rotatable bonds is 5. The normalized spacial score (nSPS) is 22.4. The van der Waals surface area contributed by atoms with E-state index in [1.165, 1.54) is 51.4 Å². The average molecular weight is 223 g/mol. The zero-order valence-electron chi connectivity index (χ0n) is 10.5. The van der Waals surface area contributed by atoms with Gasteiger partial charge in [-0.15, -0.1) is 0 Å². The molecular weight excluding hydrogens is 198 g/mol. The summed E-state index contributed by atoms with van der Waals surface area (Å²) in [7, 11) is 1.87. The lowest BCUT2D eigenvalue weighted by Crippen LogP contribution is -2.42. The predicted molar refractivity (Wildman–Crippen MR) is 68.7 cm³/mol. The average Bonchev–Trinajstić information content (AvgIpc) is 2.99. The molecule has 0 atom stereocenters. The lowest BCUT2D eigenvalue weighted by Gasteiger charge is -2.16. The Hall–Kier alpha value is -0.730. The third-order valence-electron chi connectivity index (χ3n) is 3.70. The van der Waals surface area contributed by atoms with Crippen LogP contribution in [-0.4, -0.2) is 25.6 Å². The van der Waals surface area contributed by atoms with E-state index in [1.807, 2.05) is 7.05 Å². The van der Waals surface area contributed by atoms with Gasteiger partial charge in [0.25, 0.3) is 0 Å². The molecule has 2 N–H and O–H groups in total. The van der Waals surface area contributed by atoms with Crippen LogP contribution in [0.3, 0.4) is 0 Å². The van der Waals surface area contributed by atoms with Crippen molar-refractivity contribution >= 4 is 5.96 Å². The molecular formula is C13H25N3. The van der Waals surface area contributed by atoms with Gasteiger partial charge in [-0.05, 0) is 31.6 Å². The third kappa shape index (κ3) is 4.03. The topological polar surface area (TPSA) is 36.4 Å². The van der Waals surface area contributed by atoms with E-state index in [0.717, 1.165) is 18.4 Å². The van der Waals surface area contributed by atoms with Gasteiger partial charge in [0.15, 0.2) is 5.96 Å². The van der Waals surface area contributed by atoms with Gasteiger partial charge in [-0.3, -0.25) is 4.99 Å². The summed E-state index contributed by atoms with van der Waals surface area (Å²) in [5.41, 5.74) is 0. The molecule has 0 aromatic carbocycles. The lowest BCUT2D eigenvalue weighted by atomic mass is 10.2. The van der Waals surface area contributed by atoms with Crippen LogP contribution in [0, 0.1) is 5.92 Å². The van der Waals surface area contributed by atoms with E-state index in [2.05, 4.69) is 15.6 Å². The van der Waals surface area contributed by atoms with Crippen LogP contribution in [0.4, 0.5) is 0 Å². The molecule has 0 heterocycles. The Morgan fingerprint density at radius 2 is 1.94 bits per heavy atom. The van der Waals surface area contributed by atoms with Gasteiger partial charge in [0.1, 0.15) is 0 Å².